The molecular formula is C34H34N2O4. The second kappa shape index (κ2) is 10.8. The lowest BCUT2D eigenvalue weighted by molar-refractivity contribution is -0.0502. The number of aromatic hydroxyl groups is 1. The van der Waals surface area contributed by atoms with Gasteiger partial charge in [-0.05, 0) is 47.2 Å². The Kier molecular flexibility index (Phi) is 7.05. The van der Waals surface area contributed by atoms with Gasteiger partial charge in [0.1, 0.15) is 18.0 Å². The summed E-state index contributed by atoms with van der Waals surface area (Å²) < 4.78 is 0. The number of carbonyl (C=O) groups excluding carboxylic acids is 1. The summed E-state index contributed by atoms with van der Waals surface area (Å²) in [7, 11) is 0. The van der Waals surface area contributed by atoms with E-state index in [-0.39, 0.29) is 17.7 Å². The lowest BCUT2D eigenvalue weighted by Gasteiger charge is -2.36. The minimum absolute atomic E-state index is 0.1000. The van der Waals surface area contributed by atoms with E-state index in [0.29, 0.717) is 25.9 Å². The minimum atomic E-state index is -1.18. The van der Waals surface area contributed by atoms with Gasteiger partial charge in [-0.3, -0.25) is 0 Å². The monoisotopic (exact) mass is 534 g/mol. The van der Waals surface area contributed by atoms with Crippen LogP contribution in [0.15, 0.2) is 115 Å². The molecule has 40 heavy (non-hydrogen) atoms. The Morgan fingerprint density at radius 3 is 1.85 bits per heavy atom. The van der Waals surface area contributed by atoms with E-state index in [4.69, 9.17) is 0 Å². The predicted octanol–water partition coefficient (Wildman–Crippen LogP) is 5.09. The average Bonchev–Trinajstić information content (AvgIpc) is 3.76. The van der Waals surface area contributed by atoms with Gasteiger partial charge in [0, 0.05) is 19.0 Å². The molecule has 6 rings (SSSR count). The number of rotatable bonds is 7. The van der Waals surface area contributed by atoms with E-state index < -0.39 is 23.8 Å². The first kappa shape index (κ1) is 26.1. The molecular weight excluding hydrogens is 500 g/mol. The fraction of sp³-hybridized carbons (Fsp3) is 0.265. The van der Waals surface area contributed by atoms with Gasteiger partial charge < -0.3 is 25.1 Å². The van der Waals surface area contributed by atoms with Crippen LogP contribution in [0.2, 0.25) is 0 Å². The van der Waals surface area contributed by atoms with Gasteiger partial charge in [0.15, 0.2) is 0 Å². The highest BCUT2D eigenvalue weighted by molar-refractivity contribution is 5.78. The maximum absolute atomic E-state index is 14.7. The number of urea groups is 1. The molecule has 2 unspecified atom stereocenters. The van der Waals surface area contributed by atoms with Crippen LogP contribution in [0, 0.1) is 0 Å². The van der Waals surface area contributed by atoms with Crippen LogP contribution in [-0.4, -0.2) is 54.9 Å². The van der Waals surface area contributed by atoms with Crippen LogP contribution < -0.4 is 0 Å². The summed E-state index contributed by atoms with van der Waals surface area (Å²) >= 11 is 0. The first-order chi connectivity index (χ1) is 19.5. The maximum Gasteiger partial charge on any atom is 0.321 e. The van der Waals surface area contributed by atoms with Crippen molar-refractivity contribution in [1.29, 1.82) is 0 Å². The van der Waals surface area contributed by atoms with Crippen molar-refractivity contribution in [2.45, 2.75) is 55.6 Å². The van der Waals surface area contributed by atoms with E-state index in [2.05, 4.69) is 0 Å². The molecule has 1 heterocycles. The lowest BCUT2D eigenvalue weighted by atomic mass is 9.90. The zero-order valence-electron chi connectivity index (χ0n) is 22.3. The van der Waals surface area contributed by atoms with Crippen LogP contribution in [0.4, 0.5) is 4.79 Å². The van der Waals surface area contributed by atoms with Crippen LogP contribution in [0.3, 0.4) is 0 Å². The van der Waals surface area contributed by atoms with E-state index >= 15 is 0 Å². The number of phenolic OH excluding ortho intramolecular Hbond substituents is 1. The van der Waals surface area contributed by atoms with Gasteiger partial charge in [0.2, 0.25) is 0 Å². The summed E-state index contributed by atoms with van der Waals surface area (Å²) in [6.07, 6.45) is -1.44. The minimum Gasteiger partial charge on any atom is -0.508 e. The molecule has 3 N–H and O–H groups in total. The van der Waals surface area contributed by atoms with E-state index in [9.17, 15) is 20.1 Å². The standard InChI is InChI=1S/C34H34N2O4/c37-28-18-16-24(17-19-28)20-30-31(38)32(39)34(21-29(34)27-14-8-3-9-15-27)36(23-26-12-6-2-7-13-26)33(40)35(30)22-25-10-4-1-5-11-25/h1-19,29-32,37-39H,20-23H2/t29-,30?,31+,32-,34?/m1/s1. The Labute approximate surface area is 234 Å². The fourth-order valence-electron chi connectivity index (χ4n) is 6.36. The second-order valence-corrected chi connectivity index (χ2v) is 11.0. The Morgan fingerprint density at radius 1 is 0.700 bits per heavy atom. The third-order valence-electron chi connectivity index (χ3n) is 8.55. The Bertz CT molecular complexity index is 1430. The Balaban J connectivity index is 1.45. The molecule has 1 saturated heterocycles. The molecule has 5 atom stereocenters. The fourth-order valence-corrected chi connectivity index (χ4v) is 6.36. The largest absolute Gasteiger partial charge is 0.508 e. The molecule has 0 radical (unpaired) electrons. The van der Waals surface area contributed by atoms with Gasteiger partial charge in [-0.1, -0.05) is 103 Å². The van der Waals surface area contributed by atoms with Crippen LogP contribution in [0.25, 0.3) is 0 Å². The zero-order chi connectivity index (χ0) is 27.7. The van der Waals surface area contributed by atoms with Crippen molar-refractivity contribution in [2.75, 3.05) is 0 Å². The van der Waals surface area contributed by atoms with Crippen molar-refractivity contribution < 1.29 is 20.1 Å². The van der Waals surface area contributed by atoms with Crippen molar-refractivity contribution in [1.82, 2.24) is 9.80 Å². The molecule has 1 aliphatic heterocycles. The van der Waals surface area contributed by atoms with Crippen molar-refractivity contribution >= 4 is 6.03 Å². The highest BCUT2D eigenvalue weighted by Crippen LogP contribution is 2.60. The quantitative estimate of drug-likeness (QED) is 0.308. The topological polar surface area (TPSA) is 84.2 Å². The molecule has 6 heteroatoms. The van der Waals surface area contributed by atoms with Gasteiger partial charge in [-0.25, -0.2) is 4.79 Å². The molecule has 6 nitrogen and oxygen atoms in total. The lowest BCUT2D eigenvalue weighted by Crippen LogP contribution is -2.52. The van der Waals surface area contributed by atoms with Crippen molar-refractivity contribution in [3.05, 3.63) is 138 Å². The maximum atomic E-state index is 14.7. The molecule has 1 aliphatic carbocycles. The number of carbonyl (C=O) groups is 1. The third kappa shape index (κ3) is 4.85. The SMILES string of the molecule is O=C1N(Cc2ccccc2)C(Cc2ccc(O)cc2)[C@H](O)[C@@H](O)C2(C[C@@H]2c2ccccc2)N1Cc1ccccc1. The van der Waals surface area contributed by atoms with Crippen LogP contribution in [-0.2, 0) is 19.5 Å². The molecule has 2 fully saturated rings. The molecule has 0 bridgehead atoms. The normalized spacial score (nSPS) is 26.1. The molecule has 2 aliphatic rings. The highest BCUT2D eigenvalue weighted by Gasteiger charge is 2.68. The number of amides is 2. The average molecular weight is 535 g/mol. The third-order valence-corrected chi connectivity index (χ3v) is 8.55. The number of hydrogen-bond acceptors (Lipinski definition) is 4. The molecule has 204 valence electrons. The van der Waals surface area contributed by atoms with E-state index in [1.54, 1.807) is 29.2 Å². The number of aliphatic hydroxyl groups is 2. The van der Waals surface area contributed by atoms with E-state index in [1.807, 2.05) is 95.9 Å². The summed E-state index contributed by atoms with van der Waals surface area (Å²) in [5, 5.41) is 33.7. The first-order valence-electron chi connectivity index (χ1n) is 13.8. The molecule has 1 spiro atoms. The van der Waals surface area contributed by atoms with Gasteiger partial charge in [0.25, 0.3) is 0 Å². The van der Waals surface area contributed by atoms with Crippen LogP contribution in [0.1, 0.15) is 34.6 Å². The molecule has 0 aromatic heterocycles. The number of aliphatic hydroxyl groups excluding tert-OH is 2. The van der Waals surface area contributed by atoms with Gasteiger partial charge in [-0.2, -0.15) is 0 Å². The highest BCUT2D eigenvalue weighted by atomic mass is 16.3. The van der Waals surface area contributed by atoms with Crippen molar-refractivity contribution in [3.8, 4) is 5.75 Å². The number of benzene rings is 4. The molecule has 4 aromatic carbocycles. The summed E-state index contributed by atoms with van der Waals surface area (Å²) in [4.78, 5) is 18.3. The number of hydrogen-bond donors (Lipinski definition) is 3. The molecule has 4 aromatic rings. The van der Waals surface area contributed by atoms with Crippen LogP contribution in [0.5, 0.6) is 5.75 Å². The zero-order valence-corrected chi connectivity index (χ0v) is 22.3. The summed E-state index contributed by atoms with van der Waals surface area (Å²) in [5.74, 6) is 0.0519. The van der Waals surface area contributed by atoms with E-state index in [1.165, 1.54) is 0 Å². The molecule has 1 saturated carbocycles. The van der Waals surface area contributed by atoms with Gasteiger partial charge in [-0.15, -0.1) is 0 Å². The van der Waals surface area contributed by atoms with Crippen molar-refractivity contribution in [3.63, 3.8) is 0 Å². The summed E-state index contributed by atoms with van der Waals surface area (Å²) in [5.41, 5.74) is 2.88. The van der Waals surface area contributed by atoms with Crippen molar-refractivity contribution in [2.24, 2.45) is 0 Å². The smallest absolute Gasteiger partial charge is 0.321 e. The van der Waals surface area contributed by atoms with Crippen LogP contribution >= 0.6 is 0 Å². The Morgan fingerprint density at radius 2 is 1.25 bits per heavy atom. The number of nitrogens with zero attached hydrogens (tertiary/aromatic N) is 2. The van der Waals surface area contributed by atoms with Gasteiger partial charge in [0.05, 0.1) is 11.6 Å². The van der Waals surface area contributed by atoms with E-state index in [0.717, 1.165) is 22.3 Å². The number of phenols is 1. The Hall–Kier alpha value is -4.13. The summed E-state index contributed by atoms with van der Waals surface area (Å²) in [6, 6.07) is 35.5. The summed E-state index contributed by atoms with van der Waals surface area (Å²) in [6.45, 7) is 0.619. The second-order valence-electron chi connectivity index (χ2n) is 11.0. The van der Waals surface area contributed by atoms with Gasteiger partial charge >= 0.3 is 6.03 Å². The predicted molar refractivity (Wildman–Crippen MR) is 154 cm³/mol. The molecule has 2 amide bonds. The first-order valence-corrected chi connectivity index (χ1v) is 13.8.